The summed E-state index contributed by atoms with van der Waals surface area (Å²) >= 11 is 6.20. The molecule has 1 fully saturated rings. The second kappa shape index (κ2) is 10.3. The molecule has 2 N–H and O–H groups in total. The maximum atomic E-state index is 13.5. The van der Waals surface area contributed by atoms with Crippen molar-refractivity contribution in [2.24, 2.45) is 0 Å². The quantitative estimate of drug-likeness (QED) is 0.231. The highest BCUT2D eigenvalue weighted by Gasteiger charge is 2.47. The van der Waals surface area contributed by atoms with Crippen LogP contribution in [0.25, 0.3) is 5.76 Å². The van der Waals surface area contributed by atoms with E-state index in [0.29, 0.717) is 27.7 Å². The Morgan fingerprint density at radius 2 is 1.63 bits per heavy atom. The highest BCUT2D eigenvalue weighted by molar-refractivity contribution is 6.51. The number of aliphatic hydroxyl groups is 1. The second-order valence-electron chi connectivity index (χ2n) is 10.1. The zero-order valence-electron chi connectivity index (χ0n) is 21.8. The van der Waals surface area contributed by atoms with Gasteiger partial charge < -0.3 is 15.2 Å². The van der Waals surface area contributed by atoms with Gasteiger partial charge in [-0.05, 0) is 59.0 Å². The van der Waals surface area contributed by atoms with Gasteiger partial charge in [0.15, 0.2) is 0 Å². The van der Waals surface area contributed by atoms with Crippen molar-refractivity contribution in [1.82, 2.24) is 0 Å². The van der Waals surface area contributed by atoms with Crippen molar-refractivity contribution in [3.8, 4) is 5.75 Å². The molecule has 7 nitrogen and oxygen atoms in total. The van der Waals surface area contributed by atoms with Crippen LogP contribution >= 0.6 is 11.6 Å². The smallest absolute Gasteiger partial charge is 0.300 e. The van der Waals surface area contributed by atoms with E-state index in [1.54, 1.807) is 36.4 Å². The van der Waals surface area contributed by atoms with Gasteiger partial charge in [-0.2, -0.15) is 0 Å². The number of ether oxygens (including phenoxy) is 1. The molecule has 1 unspecified atom stereocenters. The lowest BCUT2D eigenvalue weighted by Crippen LogP contribution is -2.29. The molecule has 4 rings (SSSR count). The molecule has 0 saturated carbocycles. The first kappa shape index (κ1) is 26.9. The van der Waals surface area contributed by atoms with Gasteiger partial charge in [-0.3, -0.25) is 19.3 Å². The van der Waals surface area contributed by atoms with Crippen LogP contribution < -0.4 is 15.0 Å². The number of hydrogen-bond donors (Lipinski definition) is 2. The second-order valence-corrected chi connectivity index (χ2v) is 10.6. The summed E-state index contributed by atoms with van der Waals surface area (Å²) in [5.41, 5.74) is 2.73. The molecule has 0 bridgehead atoms. The lowest BCUT2D eigenvalue weighted by Gasteiger charge is -2.27. The van der Waals surface area contributed by atoms with E-state index in [4.69, 9.17) is 16.3 Å². The van der Waals surface area contributed by atoms with E-state index in [-0.39, 0.29) is 28.2 Å². The Bertz CT molecular complexity index is 1440. The maximum Gasteiger partial charge on any atom is 0.300 e. The minimum absolute atomic E-state index is 0.0787. The number of ketones is 1. The van der Waals surface area contributed by atoms with Crippen LogP contribution in [0.15, 0.2) is 72.3 Å². The zero-order valence-corrected chi connectivity index (χ0v) is 22.6. The number of carbonyl (C=O) groups is 3. The number of hydrogen-bond acceptors (Lipinski definition) is 5. The van der Waals surface area contributed by atoms with Crippen molar-refractivity contribution < 1.29 is 24.2 Å². The van der Waals surface area contributed by atoms with Crippen molar-refractivity contribution in [3.05, 3.63) is 94.0 Å². The number of carbonyl (C=O) groups excluding carboxylic acids is 3. The third kappa shape index (κ3) is 5.15. The SMILES string of the molecule is COc1ccc(Cl)cc1/C(O)=C1\C(=O)C(=O)N(c2ccc(NC(C)=O)cc2)C1c1ccc(C(C)(C)C)cc1. The molecule has 3 aromatic carbocycles. The predicted octanol–water partition coefficient (Wildman–Crippen LogP) is 6.23. The van der Waals surface area contributed by atoms with Crippen LogP contribution in [0.4, 0.5) is 11.4 Å². The third-order valence-corrected chi connectivity index (χ3v) is 6.65. The fraction of sp³-hybridized carbons (Fsp3) is 0.233. The average Bonchev–Trinajstić information content (AvgIpc) is 3.13. The average molecular weight is 533 g/mol. The maximum absolute atomic E-state index is 13.5. The first-order chi connectivity index (χ1) is 17.9. The predicted molar refractivity (Wildman–Crippen MR) is 149 cm³/mol. The lowest BCUT2D eigenvalue weighted by molar-refractivity contribution is -0.132. The number of amides is 2. The molecule has 1 saturated heterocycles. The fourth-order valence-corrected chi connectivity index (χ4v) is 4.67. The van der Waals surface area contributed by atoms with E-state index < -0.39 is 17.7 Å². The molecule has 38 heavy (non-hydrogen) atoms. The molecule has 8 heteroatoms. The van der Waals surface area contributed by atoms with E-state index in [1.165, 1.54) is 25.0 Å². The molecule has 3 aromatic rings. The lowest BCUT2D eigenvalue weighted by atomic mass is 9.85. The molecular formula is C30H29ClN2O5. The van der Waals surface area contributed by atoms with Crippen LogP contribution in [-0.2, 0) is 19.8 Å². The molecule has 2 amide bonds. The molecule has 1 atom stereocenters. The fourth-order valence-electron chi connectivity index (χ4n) is 4.50. The summed E-state index contributed by atoms with van der Waals surface area (Å²) in [6, 6.07) is 18.0. The van der Waals surface area contributed by atoms with E-state index in [9.17, 15) is 19.5 Å². The number of rotatable bonds is 5. The largest absolute Gasteiger partial charge is 0.507 e. The summed E-state index contributed by atoms with van der Waals surface area (Å²) in [7, 11) is 1.44. The molecule has 0 aliphatic carbocycles. The van der Waals surface area contributed by atoms with E-state index in [0.717, 1.165) is 5.56 Å². The molecular weight excluding hydrogens is 504 g/mol. The van der Waals surface area contributed by atoms with Crippen molar-refractivity contribution in [3.63, 3.8) is 0 Å². The Kier molecular flexibility index (Phi) is 7.33. The van der Waals surface area contributed by atoms with Gasteiger partial charge in [0.05, 0.1) is 24.3 Å². The number of nitrogens with zero attached hydrogens (tertiary/aromatic N) is 1. The van der Waals surface area contributed by atoms with Gasteiger partial charge in [0, 0.05) is 23.3 Å². The summed E-state index contributed by atoms with van der Waals surface area (Å²) in [6.07, 6.45) is 0. The van der Waals surface area contributed by atoms with E-state index in [2.05, 4.69) is 26.1 Å². The Morgan fingerprint density at radius 3 is 2.18 bits per heavy atom. The van der Waals surface area contributed by atoms with Gasteiger partial charge in [0.1, 0.15) is 11.5 Å². The van der Waals surface area contributed by atoms with Gasteiger partial charge in [0.2, 0.25) is 5.91 Å². The summed E-state index contributed by atoms with van der Waals surface area (Å²) in [5.74, 6) is -1.93. The highest BCUT2D eigenvalue weighted by atomic mass is 35.5. The van der Waals surface area contributed by atoms with Crippen LogP contribution in [0.5, 0.6) is 5.75 Å². The molecule has 0 spiro atoms. The summed E-state index contributed by atoms with van der Waals surface area (Å²) in [4.78, 5) is 39.7. The monoisotopic (exact) mass is 532 g/mol. The van der Waals surface area contributed by atoms with Gasteiger partial charge >= 0.3 is 0 Å². The topological polar surface area (TPSA) is 95.9 Å². The van der Waals surface area contributed by atoms with Crippen LogP contribution in [0.2, 0.25) is 5.02 Å². The first-order valence-corrected chi connectivity index (χ1v) is 12.4. The van der Waals surface area contributed by atoms with Gasteiger partial charge in [0.25, 0.3) is 11.7 Å². The van der Waals surface area contributed by atoms with Crippen LogP contribution in [0.1, 0.15) is 50.4 Å². The molecule has 1 aliphatic rings. The molecule has 196 valence electrons. The Labute approximate surface area is 226 Å². The Balaban J connectivity index is 1.92. The number of Topliss-reactive ketones (excluding diaryl/α,β-unsaturated/α-hetero) is 1. The van der Waals surface area contributed by atoms with Crippen LogP contribution in [0, 0.1) is 0 Å². The molecule has 0 radical (unpaired) electrons. The van der Waals surface area contributed by atoms with Gasteiger partial charge in [-0.1, -0.05) is 56.6 Å². The Hall–Kier alpha value is -4.10. The normalized spacial score (nSPS) is 17.0. The number of methoxy groups -OCH3 is 1. The highest BCUT2D eigenvalue weighted by Crippen LogP contribution is 2.44. The van der Waals surface area contributed by atoms with Crippen molar-refractivity contribution in [2.75, 3.05) is 17.3 Å². The van der Waals surface area contributed by atoms with Gasteiger partial charge in [-0.25, -0.2) is 0 Å². The minimum Gasteiger partial charge on any atom is -0.507 e. The number of halogens is 1. The van der Waals surface area contributed by atoms with E-state index >= 15 is 0 Å². The molecule has 0 aromatic heterocycles. The standard InChI is InChI=1S/C30H29ClN2O5/c1-17(34)32-21-11-13-22(14-12-21)33-26(18-6-8-19(9-7-18)30(2,3)4)25(28(36)29(33)37)27(35)23-16-20(31)10-15-24(23)38-5/h6-16,26,35H,1-5H3,(H,32,34)/b27-25+. The summed E-state index contributed by atoms with van der Waals surface area (Å²) in [5, 5.41) is 14.5. The summed E-state index contributed by atoms with van der Waals surface area (Å²) in [6.45, 7) is 7.68. The Morgan fingerprint density at radius 1 is 1.00 bits per heavy atom. The van der Waals surface area contributed by atoms with Gasteiger partial charge in [-0.15, -0.1) is 0 Å². The first-order valence-electron chi connectivity index (χ1n) is 12.1. The van der Waals surface area contributed by atoms with Crippen molar-refractivity contribution in [1.29, 1.82) is 0 Å². The number of aliphatic hydroxyl groups excluding tert-OH is 1. The minimum atomic E-state index is -0.917. The number of benzene rings is 3. The summed E-state index contributed by atoms with van der Waals surface area (Å²) < 4.78 is 5.40. The third-order valence-electron chi connectivity index (χ3n) is 6.42. The molecule has 1 aliphatic heterocycles. The van der Waals surface area contributed by atoms with E-state index in [1.807, 2.05) is 24.3 Å². The number of nitrogens with one attached hydrogen (secondary N) is 1. The van der Waals surface area contributed by atoms with Crippen LogP contribution in [-0.4, -0.2) is 29.8 Å². The number of anilines is 2. The van der Waals surface area contributed by atoms with Crippen molar-refractivity contribution >= 4 is 46.3 Å². The zero-order chi connectivity index (χ0) is 27.8. The van der Waals surface area contributed by atoms with Crippen molar-refractivity contribution in [2.45, 2.75) is 39.2 Å². The van der Waals surface area contributed by atoms with Crippen LogP contribution in [0.3, 0.4) is 0 Å². The molecule has 1 heterocycles.